The summed E-state index contributed by atoms with van der Waals surface area (Å²) in [5, 5.41) is 2.84. The molecule has 0 radical (unpaired) electrons. The monoisotopic (exact) mass is 360 g/mol. The van der Waals surface area contributed by atoms with Gasteiger partial charge in [-0.1, -0.05) is 0 Å². The third kappa shape index (κ3) is 3.26. The number of aryl methyl sites for hydroxylation is 1. The summed E-state index contributed by atoms with van der Waals surface area (Å²) in [7, 11) is 0. The van der Waals surface area contributed by atoms with Crippen LogP contribution in [-0.4, -0.2) is 21.4 Å². The SMILES string of the molecule is Cc1c(C(N)=O)sc2ncn(CC(=O)Nc3ccc(F)cc3)c(=O)c12. The van der Waals surface area contributed by atoms with Crippen molar-refractivity contribution in [2.45, 2.75) is 13.5 Å². The molecule has 25 heavy (non-hydrogen) atoms. The van der Waals surface area contributed by atoms with E-state index in [4.69, 9.17) is 5.73 Å². The van der Waals surface area contributed by atoms with Gasteiger partial charge in [-0.05, 0) is 36.8 Å². The van der Waals surface area contributed by atoms with Crippen LogP contribution in [0.3, 0.4) is 0 Å². The molecule has 0 atom stereocenters. The molecule has 0 aliphatic rings. The highest BCUT2D eigenvalue weighted by Gasteiger charge is 2.18. The first-order chi connectivity index (χ1) is 11.9. The highest BCUT2D eigenvalue weighted by Crippen LogP contribution is 2.26. The number of carbonyl (C=O) groups is 2. The van der Waals surface area contributed by atoms with Gasteiger partial charge in [0.2, 0.25) is 5.91 Å². The van der Waals surface area contributed by atoms with Crippen molar-refractivity contribution < 1.29 is 14.0 Å². The van der Waals surface area contributed by atoms with Crippen LogP contribution in [0, 0.1) is 12.7 Å². The van der Waals surface area contributed by atoms with E-state index in [1.807, 2.05) is 0 Å². The summed E-state index contributed by atoms with van der Waals surface area (Å²) in [5.74, 6) is -1.50. The summed E-state index contributed by atoms with van der Waals surface area (Å²) >= 11 is 1.04. The standard InChI is InChI=1S/C16H13FN4O3S/c1-8-12-15(25-13(8)14(18)23)19-7-21(16(12)24)6-11(22)20-10-4-2-9(17)3-5-10/h2-5,7H,6H2,1H3,(H2,18,23)(H,20,22). The molecule has 0 fully saturated rings. The number of carbonyl (C=O) groups excluding carboxylic acids is 2. The Morgan fingerprint density at radius 3 is 2.64 bits per heavy atom. The van der Waals surface area contributed by atoms with E-state index in [0.29, 0.717) is 16.1 Å². The maximum atomic E-state index is 12.9. The van der Waals surface area contributed by atoms with Gasteiger partial charge in [0.15, 0.2) is 0 Å². The fraction of sp³-hybridized carbons (Fsp3) is 0.125. The topological polar surface area (TPSA) is 107 Å². The molecule has 2 amide bonds. The van der Waals surface area contributed by atoms with E-state index in [0.717, 1.165) is 15.9 Å². The molecule has 0 saturated heterocycles. The van der Waals surface area contributed by atoms with Crippen LogP contribution < -0.4 is 16.6 Å². The molecule has 0 saturated carbocycles. The highest BCUT2D eigenvalue weighted by molar-refractivity contribution is 7.20. The van der Waals surface area contributed by atoms with Crippen LogP contribution in [0.2, 0.25) is 0 Å². The van der Waals surface area contributed by atoms with Crippen molar-refractivity contribution in [3.8, 4) is 0 Å². The molecule has 2 heterocycles. The fourth-order valence-corrected chi connectivity index (χ4v) is 3.39. The number of fused-ring (bicyclic) bond motifs is 1. The molecule has 9 heteroatoms. The zero-order valence-electron chi connectivity index (χ0n) is 13.1. The Morgan fingerprint density at radius 1 is 1.32 bits per heavy atom. The van der Waals surface area contributed by atoms with Gasteiger partial charge >= 0.3 is 0 Å². The lowest BCUT2D eigenvalue weighted by Crippen LogP contribution is -2.28. The van der Waals surface area contributed by atoms with Crippen LogP contribution in [0.25, 0.3) is 10.2 Å². The molecule has 0 bridgehead atoms. The van der Waals surface area contributed by atoms with Gasteiger partial charge in [-0.3, -0.25) is 19.0 Å². The normalized spacial score (nSPS) is 10.8. The molecule has 2 aromatic heterocycles. The Morgan fingerprint density at radius 2 is 2.00 bits per heavy atom. The molecule has 0 spiro atoms. The number of aromatic nitrogens is 2. The van der Waals surface area contributed by atoms with Gasteiger partial charge in [-0.25, -0.2) is 9.37 Å². The average Bonchev–Trinajstić information content (AvgIpc) is 2.90. The Hall–Kier alpha value is -3.07. The number of nitrogens with two attached hydrogens (primary N) is 1. The first kappa shape index (κ1) is 16.8. The molecular weight excluding hydrogens is 347 g/mol. The van der Waals surface area contributed by atoms with Gasteiger partial charge in [0.25, 0.3) is 11.5 Å². The second kappa shape index (κ2) is 6.44. The van der Waals surface area contributed by atoms with Gasteiger partial charge in [-0.15, -0.1) is 11.3 Å². The zero-order chi connectivity index (χ0) is 18.1. The number of rotatable bonds is 4. The minimum Gasteiger partial charge on any atom is -0.365 e. The number of nitrogens with zero attached hydrogens (tertiary/aromatic N) is 2. The molecule has 3 N–H and O–H groups in total. The number of primary amides is 1. The molecule has 0 aliphatic carbocycles. The molecule has 1 aromatic carbocycles. The van der Waals surface area contributed by atoms with Crippen LogP contribution in [0.1, 0.15) is 15.2 Å². The fourth-order valence-electron chi connectivity index (χ4n) is 2.40. The first-order valence-corrected chi connectivity index (χ1v) is 8.02. The maximum absolute atomic E-state index is 12.9. The molecule has 7 nitrogen and oxygen atoms in total. The minimum atomic E-state index is -0.625. The number of hydrogen-bond acceptors (Lipinski definition) is 5. The van der Waals surface area contributed by atoms with E-state index in [-0.39, 0.29) is 16.8 Å². The van der Waals surface area contributed by atoms with E-state index < -0.39 is 23.2 Å². The number of amides is 2. The summed E-state index contributed by atoms with van der Waals surface area (Å²) in [6, 6.07) is 5.27. The molecule has 3 aromatic rings. The van der Waals surface area contributed by atoms with E-state index in [1.165, 1.54) is 30.6 Å². The van der Waals surface area contributed by atoms with Crippen LogP contribution >= 0.6 is 11.3 Å². The first-order valence-electron chi connectivity index (χ1n) is 7.20. The van der Waals surface area contributed by atoms with Crippen molar-refractivity contribution in [2.75, 3.05) is 5.32 Å². The quantitative estimate of drug-likeness (QED) is 0.737. The Labute approximate surface area is 144 Å². The van der Waals surface area contributed by atoms with E-state index in [9.17, 15) is 18.8 Å². The second-order valence-corrected chi connectivity index (χ2v) is 6.33. The molecule has 128 valence electrons. The molecule has 0 unspecified atom stereocenters. The summed E-state index contributed by atoms with van der Waals surface area (Å²) in [5.41, 5.74) is 5.73. The van der Waals surface area contributed by atoms with Gasteiger partial charge in [-0.2, -0.15) is 0 Å². The average molecular weight is 360 g/mol. The number of hydrogen-bond donors (Lipinski definition) is 2. The summed E-state index contributed by atoms with van der Waals surface area (Å²) in [6.45, 7) is 1.35. The largest absolute Gasteiger partial charge is 0.365 e. The van der Waals surface area contributed by atoms with Gasteiger partial charge in [0, 0.05) is 5.69 Å². The van der Waals surface area contributed by atoms with Crippen molar-refractivity contribution in [3.63, 3.8) is 0 Å². The van der Waals surface area contributed by atoms with Gasteiger partial charge < -0.3 is 11.1 Å². The smallest absolute Gasteiger partial charge is 0.262 e. The van der Waals surface area contributed by atoms with Gasteiger partial charge in [0.05, 0.1) is 16.6 Å². The van der Waals surface area contributed by atoms with E-state index >= 15 is 0 Å². The van der Waals surface area contributed by atoms with Crippen molar-refractivity contribution in [3.05, 3.63) is 57.2 Å². The van der Waals surface area contributed by atoms with Crippen LogP contribution in [0.5, 0.6) is 0 Å². The van der Waals surface area contributed by atoms with E-state index in [2.05, 4.69) is 10.3 Å². The zero-order valence-corrected chi connectivity index (χ0v) is 13.9. The summed E-state index contributed by atoms with van der Waals surface area (Å²) in [4.78, 5) is 40.8. The third-order valence-corrected chi connectivity index (χ3v) is 4.80. The van der Waals surface area contributed by atoms with Crippen LogP contribution in [0.15, 0.2) is 35.4 Å². The Bertz CT molecular complexity index is 1040. The number of halogens is 1. The lowest BCUT2D eigenvalue weighted by molar-refractivity contribution is -0.116. The predicted molar refractivity (Wildman–Crippen MR) is 92.2 cm³/mol. The minimum absolute atomic E-state index is 0.264. The van der Waals surface area contributed by atoms with Crippen molar-refractivity contribution >= 4 is 39.1 Å². The van der Waals surface area contributed by atoms with E-state index in [1.54, 1.807) is 6.92 Å². The lowest BCUT2D eigenvalue weighted by Gasteiger charge is -2.07. The van der Waals surface area contributed by atoms with Crippen molar-refractivity contribution in [1.82, 2.24) is 9.55 Å². The second-order valence-electron chi connectivity index (χ2n) is 5.33. The van der Waals surface area contributed by atoms with Crippen LogP contribution in [0.4, 0.5) is 10.1 Å². The van der Waals surface area contributed by atoms with Gasteiger partial charge in [0.1, 0.15) is 17.2 Å². The van der Waals surface area contributed by atoms with Crippen LogP contribution in [-0.2, 0) is 11.3 Å². The number of benzene rings is 1. The summed E-state index contributed by atoms with van der Waals surface area (Å²) in [6.07, 6.45) is 1.25. The molecule has 0 aliphatic heterocycles. The molecular formula is C16H13FN4O3S. The Balaban J connectivity index is 1.88. The predicted octanol–water partition coefficient (Wildman–Crippen LogP) is 1.64. The molecule has 3 rings (SSSR count). The van der Waals surface area contributed by atoms with Crippen molar-refractivity contribution in [2.24, 2.45) is 5.73 Å². The number of thiophene rings is 1. The highest BCUT2D eigenvalue weighted by atomic mass is 32.1. The number of anilines is 1. The third-order valence-electron chi connectivity index (χ3n) is 3.58. The lowest BCUT2D eigenvalue weighted by atomic mass is 10.2. The summed E-state index contributed by atoms with van der Waals surface area (Å²) < 4.78 is 14.0. The number of nitrogens with one attached hydrogen (secondary N) is 1. The Kier molecular flexibility index (Phi) is 4.32. The van der Waals surface area contributed by atoms with Crippen molar-refractivity contribution in [1.29, 1.82) is 0 Å². The maximum Gasteiger partial charge on any atom is 0.262 e.